The average molecular weight is 237 g/mol. The van der Waals surface area contributed by atoms with E-state index in [0.717, 1.165) is 38.8 Å². The van der Waals surface area contributed by atoms with Crippen LogP contribution in [0.3, 0.4) is 0 Å². The lowest BCUT2D eigenvalue weighted by molar-refractivity contribution is -0.384. The molecule has 0 amide bonds. The fraction of sp³-hybridized carbons (Fsp3) is 0.500. The monoisotopic (exact) mass is 237 g/mol. The third-order valence-electron chi connectivity index (χ3n) is 2.55. The van der Waals surface area contributed by atoms with Crippen molar-refractivity contribution in [2.75, 3.05) is 18.4 Å². The standard InChI is InChI=1S/C12H19N3O2/c13-9-5-1-2-6-10-14-11-7-3-4-8-12(11)15(16)17/h3-4,7-8,14H,1-2,5-6,9-10,13H2. The predicted octanol–water partition coefficient (Wildman–Crippen LogP) is 2.53. The normalized spacial score (nSPS) is 10.2. The smallest absolute Gasteiger partial charge is 0.292 e. The Morgan fingerprint density at radius 3 is 2.59 bits per heavy atom. The van der Waals surface area contributed by atoms with E-state index < -0.39 is 0 Å². The van der Waals surface area contributed by atoms with Gasteiger partial charge in [-0.2, -0.15) is 0 Å². The second-order valence-corrected chi connectivity index (χ2v) is 3.90. The summed E-state index contributed by atoms with van der Waals surface area (Å²) in [4.78, 5) is 10.4. The molecule has 94 valence electrons. The first-order valence-electron chi connectivity index (χ1n) is 5.93. The first kappa shape index (κ1) is 13.4. The van der Waals surface area contributed by atoms with Crippen molar-refractivity contribution < 1.29 is 4.92 Å². The highest BCUT2D eigenvalue weighted by atomic mass is 16.6. The summed E-state index contributed by atoms with van der Waals surface area (Å²) in [5.74, 6) is 0. The van der Waals surface area contributed by atoms with Crippen molar-refractivity contribution in [2.45, 2.75) is 25.7 Å². The molecule has 1 rings (SSSR count). The summed E-state index contributed by atoms with van der Waals surface area (Å²) < 4.78 is 0. The zero-order valence-corrected chi connectivity index (χ0v) is 9.89. The summed E-state index contributed by atoms with van der Waals surface area (Å²) in [5, 5.41) is 13.8. The molecule has 0 heterocycles. The van der Waals surface area contributed by atoms with Gasteiger partial charge in [0.25, 0.3) is 5.69 Å². The molecule has 0 saturated heterocycles. The molecular formula is C12H19N3O2. The van der Waals surface area contributed by atoms with Crippen LogP contribution in [0.25, 0.3) is 0 Å². The second kappa shape index (κ2) is 7.62. The molecule has 0 aliphatic carbocycles. The summed E-state index contributed by atoms with van der Waals surface area (Å²) in [6.45, 7) is 1.49. The van der Waals surface area contributed by atoms with E-state index in [2.05, 4.69) is 5.32 Å². The highest BCUT2D eigenvalue weighted by Gasteiger charge is 2.10. The number of anilines is 1. The van der Waals surface area contributed by atoms with E-state index in [0.29, 0.717) is 5.69 Å². The molecule has 0 bridgehead atoms. The second-order valence-electron chi connectivity index (χ2n) is 3.90. The van der Waals surface area contributed by atoms with Gasteiger partial charge in [0.05, 0.1) is 4.92 Å². The Morgan fingerprint density at radius 1 is 1.18 bits per heavy atom. The molecule has 0 saturated carbocycles. The van der Waals surface area contributed by atoms with Crippen LogP contribution in [-0.4, -0.2) is 18.0 Å². The van der Waals surface area contributed by atoms with E-state index in [1.165, 1.54) is 6.07 Å². The van der Waals surface area contributed by atoms with Crippen LogP contribution in [0.15, 0.2) is 24.3 Å². The lowest BCUT2D eigenvalue weighted by atomic mass is 10.2. The van der Waals surface area contributed by atoms with Crippen molar-refractivity contribution in [1.29, 1.82) is 0 Å². The number of rotatable bonds is 8. The fourth-order valence-electron chi connectivity index (χ4n) is 1.63. The minimum absolute atomic E-state index is 0.134. The van der Waals surface area contributed by atoms with E-state index in [9.17, 15) is 10.1 Å². The van der Waals surface area contributed by atoms with Crippen molar-refractivity contribution in [2.24, 2.45) is 5.73 Å². The van der Waals surface area contributed by atoms with Crippen molar-refractivity contribution in [3.8, 4) is 0 Å². The molecule has 1 aromatic rings. The average Bonchev–Trinajstić information content (AvgIpc) is 2.34. The van der Waals surface area contributed by atoms with Crippen LogP contribution in [0.2, 0.25) is 0 Å². The molecular weight excluding hydrogens is 218 g/mol. The number of nitrogens with one attached hydrogen (secondary N) is 1. The highest BCUT2D eigenvalue weighted by molar-refractivity contribution is 5.60. The number of nitro groups is 1. The van der Waals surface area contributed by atoms with Crippen LogP contribution < -0.4 is 11.1 Å². The lowest BCUT2D eigenvalue weighted by Gasteiger charge is -2.06. The van der Waals surface area contributed by atoms with Crippen molar-refractivity contribution >= 4 is 11.4 Å². The molecule has 1 aromatic carbocycles. The van der Waals surface area contributed by atoms with Crippen LogP contribution >= 0.6 is 0 Å². The quantitative estimate of drug-likeness (QED) is 0.413. The van der Waals surface area contributed by atoms with E-state index >= 15 is 0 Å². The van der Waals surface area contributed by atoms with Crippen molar-refractivity contribution in [3.63, 3.8) is 0 Å². The summed E-state index contributed by atoms with van der Waals surface area (Å²) in [6.07, 6.45) is 4.28. The van der Waals surface area contributed by atoms with Gasteiger partial charge in [-0.15, -0.1) is 0 Å². The number of nitro benzene ring substituents is 1. The van der Waals surface area contributed by atoms with Crippen LogP contribution in [0.4, 0.5) is 11.4 Å². The van der Waals surface area contributed by atoms with E-state index in [4.69, 9.17) is 5.73 Å². The Hall–Kier alpha value is -1.62. The van der Waals surface area contributed by atoms with Gasteiger partial charge in [0.2, 0.25) is 0 Å². The zero-order chi connectivity index (χ0) is 12.5. The first-order chi connectivity index (χ1) is 8.25. The van der Waals surface area contributed by atoms with Crippen LogP contribution in [0, 0.1) is 10.1 Å². The maximum absolute atomic E-state index is 10.7. The molecule has 0 spiro atoms. The van der Waals surface area contributed by atoms with Gasteiger partial charge in [0.1, 0.15) is 5.69 Å². The SMILES string of the molecule is NCCCCCCNc1ccccc1[N+](=O)[O-]. The molecule has 3 N–H and O–H groups in total. The molecule has 0 aliphatic rings. The van der Waals surface area contributed by atoms with E-state index in [-0.39, 0.29) is 10.6 Å². The number of unbranched alkanes of at least 4 members (excludes halogenated alkanes) is 3. The van der Waals surface area contributed by atoms with Gasteiger partial charge >= 0.3 is 0 Å². The Kier molecular flexibility index (Phi) is 6.03. The number of benzene rings is 1. The maximum Gasteiger partial charge on any atom is 0.292 e. The Bertz CT molecular complexity index is 355. The van der Waals surface area contributed by atoms with Crippen molar-refractivity contribution in [3.05, 3.63) is 34.4 Å². The highest BCUT2D eigenvalue weighted by Crippen LogP contribution is 2.22. The number of nitrogens with zero attached hydrogens (tertiary/aromatic N) is 1. The summed E-state index contributed by atoms with van der Waals surface area (Å²) in [5.41, 5.74) is 6.12. The number of hydrogen-bond acceptors (Lipinski definition) is 4. The van der Waals surface area contributed by atoms with Gasteiger partial charge in [0.15, 0.2) is 0 Å². The van der Waals surface area contributed by atoms with Gasteiger partial charge in [-0.05, 0) is 25.5 Å². The van der Waals surface area contributed by atoms with Gasteiger partial charge in [-0.3, -0.25) is 10.1 Å². The number of hydrogen-bond donors (Lipinski definition) is 2. The molecule has 0 fully saturated rings. The van der Waals surface area contributed by atoms with Crippen LogP contribution in [0.1, 0.15) is 25.7 Å². The van der Waals surface area contributed by atoms with Gasteiger partial charge in [0, 0.05) is 12.6 Å². The molecule has 0 radical (unpaired) electrons. The third-order valence-corrected chi connectivity index (χ3v) is 2.55. The summed E-state index contributed by atoms with van der Waals surface area (Å²) in [6, 6.07) is 6.71. The van der Waals surface area contributed by atoms with Gasteiger partial charge < -0.3 is 11.1 Å². The molecule has 0 unspecified atom stereocenters. The fourth-order valence-corrected chi connectivity index (χ4v) is 1.63. The molecule has 0 aromatic heterocycles. The van der Waals surface area contributed by atoms with E-state index in [1.807, 2.05) is 0 Å². The topological polar surface area (TPSA) is 81.2 Å². The largest absolute Gasteiger partial charge is 0.379 e. The van der Waals surface area contributed by atoms with Gasteiger partial charge in [-0.1, -0.05) is 25.0 Å². The number of para-hydroxylation sites is 2. The van der Waals surface area contributed by atoms with Gasteiger partial charge in [-0.25, -0.2) is 0 Å². The maximum atomic E-state index is 10.7. The molecule has 0 atom stereocenters. The van der Waals surface area contributed by atoms with Crippen molar-refractivity contribution in [1.82, 2.24) is 0 Å². The predicted molar refractivity (Wildman–Crippen MR) is 69.1 cm³/mol. The molecule has 0 aliphatic heterocycles. The first-order valence-corrected chi connectivity index (χ1v) is 5.93. The zero-order valence-electron chi connectivity index (χ0n) is 9.89. The van der Waals surface area contributed by atoms with Crippen LogP contribution in [0.5, 0.6) is 0 Å². The minimum Gasteiger partial charge on any atom is -0.379 e. The third kappa shape index (κ3) is 4.82. The summed E-state index contributed by atoms with van der Waals surface area (Å²) >= 11 is 0. The van der Waals surface area contributed by atoms with E-state index in [1.54, 1.807) is 18.2 Å². The Labute approximate surface area is 101 Å². The molecule has 5 nitrogen and oxygen atoms in total. The summed E-state index contributed by atoms with van der Waals surface area (Å²) in [7, 11) is 0. The lowest BCUT2D eigenvalue weighted by Crippen LogP contribution is -2.04. The molecule has 5 heteroatoms. The van der Waals surface area contributed by atoms with Crippen LogP contribution in [-0.2, 0) is 0 Å². The molecule has 17 heavy (non-hydrogen) atoms. The Balaban J connectivity index is 2.34. The Morgan fingerprint density at radius 2 is 1.88 bits per heavy atom. The minimum atomic E-state index is -0.364. The number of nitrogens with two attached hydrogens (primary N) is 1.